The van der Waals surface area contributed by atoms with Crippen LogP contribution in [0.1, 0.15) is 23.2 Å². The van der Waals surface area contributed by atoms with E-state index in [1.807, 2.05) is 6.07 Å². The molecule has 0 radical (unpaired) electrons. The molecule has 0 aliphatic carbocycles. The van der Waals surface area contributed by atoms with Gasteiger partial charge in [-0.15, -0.1) is 6.58 Å². The third-order valence-electron chi connectivity index (χ3n) is 3.24. The number of esters is 1. The van der Waals surface area contributed by atoms with Crippen LogP contribution in [-0.4, -0.2) is 30.6 Å². The molecule has 0 N–H and O–H groups in total. The fourth-order valence-corrected chi connectivity index (χ4v) is 2.13. The molecule has 0 amide bonds. The highest BCUT2D eigenvalue weighted by Gasteiger charge is 2.66. The first kappa shape index (κ1) is 13.5. The highest BCUT2D eigenvalue weighted by atomic mass is 16.7. The molecule has 100 valence electrons. The Morgan fingerprint density at radius 1 is 1.42 bits per heavy atom. The van der Waals surface area contributed by atoms with Crippen LogP contribution in [0.2, 0.25) is 0 Å². The summed E-state index contributed by atoms with van der Waals surface area (Å²) in [6.07, 6.45) is 1.94. The zero-order valence-corrected chi connectivity index (χ0v) is 10.8. The van der Waals surface area contributed by atoms with E-state index in [0.717, 1.165) is 0 Å². The van der Waals surface area contributed by atoms with Gasteiger partial charge in [0.05, 0.1) is 7.11 Å². The van der Waals surface area contributed by atoms with Crippen molar-refractivity contribution in [1.82, 2.24) is 0 Å². The number of rotatable bonds is 6. The topological polar surface area (TPSA) is 55.9 Å². The quantitative estimate of drug-likeness (QED) is 0.340. The van der Waals surface area contributed by atoms with Crippen LogP contribution < -0.4 is 0 Å². The summed E-state index contributed by atoms with van der Waals surface area (Å²) < 4.78 is 10.1. The Morgan fingerprint density at radius 2 is 2.11 bits per heavy atom. The lowest BCUT2D eigenvalue weighted by atomic mass is 9.94. The van der Waals surface area contributed by atoms with Crippen LogP contribution in [0.3, 0.4) is 0 Å². The number of ketones is 1. The fraction of sp³-hybridized carbons (Fsp3) is 0.333. The lowest BCUT2D eigenvalue weighted by Crippen LogP contribution is -2.31. The van der Waals surface area contributed by atoms with Crippen molar-refractivity contribution in [2.75, 3.05) is 7.11 Å². The summed E-state index contributed by atoms with van der Waals surface area (Å²) >= 11 is 0. The van der Waals surface area contributed by atoms with Gasteiger partial charge in [0.1, 0.15) is 0 Å². The lowest BCUT2D eigenvalue weighted by molar-refractivity contribution is -0.147. The molecule has 4 nitrogen and oxygen atoms in total. The van der Waals surface area contributed by atoms with Crippen molar-refractivity contribution < 1.29 is 19.1 Å². The van der Waals surface area contributed by atoms with E-state index in [-0.39, 0.29) is 5.78 Å². The molecule has 1 heterocycles. The molecule has 1 aromatic carbocycles. The highest BCUT2D eigenvalue weighted by molar-refractivity contribution is 6.06. The van der Waals surface area contributed by atoms with Gasteiger partial charge in [-0.1, -0.05) is 36.4 Å². The molecule has 0 spiro atoms. The van der Waals surface area contributed by atoms with Gasteiger partial charge in [-0.05, 0) is 12.8 Å². The van der Waals surface area contributed by atoms with Crippen molar-refractivity contribution in [3.05, 3.63) is 48.6 Å². The van der Waals surface area contributed by atoms with Gasteiger partial charge < -0.3 is 9.47 Å². The predicted octanol–water partition coefficient (Wildman–Crippen LogP) is 2.15. The minimum atomic E-state index is -1.13. The Kier molecular flexibility index (Phi) is 3.81. The molecule has 1 aliphatic heterocycles. The minimum absolute atomic E-state index is 0.185. The highest BCUT2D eigenvalue weighted by Crippen LogP contribution is 2.43. The number of carbonyl (C=O) groups is 2. The third-order valence-corrected chi connectivity index (χ3v) is 3.24. The van der Waals surface area contributed by atoms with E-state index in [1.165, 1.54) is 7.11 Å². The average Bonchev–Trinajstić information content (AvgIpc) is 3.20. The molecule has 1 aliphatic rings. The van der Waals surface area contributed by atoms with Crippen molar-refractivity contribution in [3.8, 4) is 0 Å². The Hall–Kier alpha value is -1.94. The molecule has 1 fully saturated rings. The van der Waals surface area contributed by atoms with Crippen LogP contribution in [0, 0.1) is 0 Å². The van der Waals surface area contributed by atoms with E-state index in [1.54, 1.807) is 30.3 Å². The normalized spacial score (nSPS) is 24.6. The molecule has 1 saturated heterocycles. The second-order valence-corrected chi connectivity index (χ2v) is 4.44. The summed E-state index contributed by atoms with van der Waals surface area (Å²) in [4.78, 5) is 24.1. The van der Waals surface area contributed by atoms with E-state index in [2.05, 4.69) is 6.58 Å². The van der Waals surface area contributed by atoms with E-state index in [4.69, 9.17) is 9.47 Å². The van der Waals surface area contributed by atoms with E-state index in [9.17, 15) is 9.59 Å². The summed E-state index contributed by atoms with van der Waals surface area (Å²) in [5.74, 6) is -0.682. The average molecular weight is 260 g/mol. The number of ether oxygens (including phenoxy) is 2. The van der Waals surface area contributed by atoms with Gasteiger partial charge in [-0.2, -0.15) is 0 Å². The largest absolute Gasteiger partial charge is 0.467 e. The fourth-order valence-electron chi connectivity index (χ4n) is 2.13. The molecule has 0 aromatic heterocycles. The minimum Gasteiger partial charge on any atom is -0.467 e. The molecular weight excluding hydrogens is 244 g/mol. The van der Waals surface area contributed by atoms with Crippen LogP contribution in [0.25, 0.3) is 0 Å². The Bertz CT molecular complexity index is 494. The van der Waals surface area contributed by atoms with E-state index < -0.39 is 17.7 Å². The van der Waals surface area contributed by atoms with Gasteiger partial charge in [-0.3, -0.25) is 4.79 Å². The zero-order chi connectivity index (χ0) is 13.9. The van der Waals surface area contributed by atoms with Crippen LogP contribution in [0.4, 0.5) is 0 Å². The predicted molar refractivity (Wildman–Crippen MR) is 69.8 cm³/mol. The van der Waals surface area contributed by atoms with Gasteiger partial charge >= 0.3 is 5.97 Å². The van der Waals surface area contributed by atoms with Crippen LogP contribution in [0.15, 0.2) is 43.0 Å². The SMILES string of the molecule is C=CCC[C@@]1(C(=O)OC)O[C@@H]1C(=O)c1ccccc1. The van der Waals surface area contributed by atoms with Gasteiger partial charge in [0.15, 0.2) is 17.5 Å². The number of carbonyl (C=O) groups excluding carboxylic acids is 2. The van der Waals surface area contributed by atoms with Crippen LogP contribution >= 0.6 is 0 Å². The van der Waals surface area contributed by atoms with Gasteiger partial charge in [-0.25, -0.2) is 4.79 Å². The Labute approximate surface area is 112 Å². The number of Topliss-reactive ketones (excluding diaryl/α,β-unsaturated/α-hetero) is 1. The van der Waals surface area contributed by atoms with Crippen molar-refractivity contribution in [2.24, 2.45) is 0 Å². The standard InChI is InChI=1S/C15H16O4/c1-3-4-10-15(14(17)18-2)13(19-15)12(16)11-8-6-5-7-9-11/h3,5-9,13H,1,4,10H2,2H3/t13-,15-/m1/s1. The number of benzene rings is 1. The molecule has 0 saturated carbocycles. The van der Waals surface area contributed by atoms with Gasteiger partial charge in [0, 0.05) is 5.56 Å². The number of epoxide rings is 1. The van der Waals surface area contributed by atoms with Crippen molar-refractivity contribution >= 4 is 11.8 Å². The molecule has 0 bridgehead atoms. The summed E-state index contributed by atoms with van der Waals surface area (Å²) in [7, 11) is 1.30. The van der Waals surface area contributed by atoms with Crippen molar-refractivity contribution in [3.63, 3.8) is 0 Å². The van der Waals surface area contributed by atoms with Crippen molar-refractivity contribution in [2.45, 2.75) is 24.5 Å². The maximum atomic E-state index is 12.2. The number of hydrogen-bond donors (Lipinski definition) is 0. The molecule has 1 aromatic rings. The summed E-state index contributed by atoms with van der Waals surface area (Å²) in [5.41, 5.74) is -0.590. The molecule has 4 heteroatoms. The van der Waals surface area contributed by atoms with E-state index in [0.29, 0.717) is 18.4 Å². The number of allylic oxidation sites excluding steroid dienone is 1. The van der Waals surface area contributed by atoms with Crippen LogP contribution in [0.5, 0.6) is 0 Å². The second-order valence-electron chi connectivity index (χ2n) is 4.44. The van der Waals surface area contributed by atoms with Gasteiger partial charge in [0.25, 0.3) is 0 Å². The smallest absolute Gasteiger partial charge is 0.341 e. The third kappa shape index (κ3) is 2.44. The van der Waals surface area contributed by atoms with E-state index >= 15 is 0 Å². The summed E-state index contributed by atoms with van der Waals surface area (Å²) in [6, 6.07) is 8.80. The Balaban J connectivity index is 2.16. The first-order chi connectivity index (χ1) is 9.15. The zero-order valence-electron chi connectivity index (χ0n) is 10.8. The van der Waals surface area contributed by atoms with Gasteiger partial charge in [0.2, 0.25) is 0 Å². The van der Waals surface area contributed by atoms with Crippen molar-refractivity contribution in [1.29, 1.82) is 0 Å². The maximum absolute atomic E-state index is 12.2. The summed E-state index contributed by atoms with van der Waals surface area (Å²) in [6.45, 7) is 3.61. The molecule has 19 heavy (non-hydrogen) atoms. The molecule has 2 atom stereocenters. The Morgan fingerprint density at radius 3 is 2.68 bits per heavy atom. The van der Waals surface area contributed by atoms with Crippen LogP contribution in [-0.2, 0) is 14.3 Å². The molecular formula is C15H16O4. The maximum Gasteiger partial charge on any atom is 0.341 e. The second kappa shape index (κ2) is 5.36. The number of hydrogen-bond acceptors (Lipinski definition) is 4. The lowest BCUT2D eigenvalue weighted by Gasteiger charge is -2.08. The monoisotopic (exact) mass is 260 g/mol. The molecule has 0 unspecified atom stereocenters. The number of methoxy groups -OCH3 is 1. The molecule has 2 rings (SSSR count). The first-order valence-electron chi connectivity index (χ1n) is 6.12. The first-order valence-corrected chi connectivity index (χ1v) is 6.12. The summed E-state index contributed by atoms with van der Waals surface area (Å²) in [5, 5.41) is 0.